The quantitative estimate of drug-likeness (QED) is 0.371. The Labute approximate surface area is 139 Å². The van der Waals surface area contributed by atoms with Crippen molar-refractivity contribution in [2.24, 2.45) is 23.7 Å². The van der Waals surface area contributed by atoms with Crippen molar-refractivity contribution in [2.75, 3.05) is 4.90 Å². The van der Waals surface area contributed by atoms with E-state index in [0.29, 0.717) is 5.69 Å². The summed E-state index contributed by atoms with van der Waals surface area (Å²) in [4.78, 5) is 38.9. The fourth-order valence-electron chi connectivity index (χ4n) is 4.26. The van der Waals surface area contributed by atoms with Gasteiger partial charge in [-0.15, -0.1) is 0 Å². The van der Waals surface area contributed by atoms with E-state index < -0.39 is 5.97 Å². The minimum atomic E-state index is -0.563. The molecule has 2 aliphatic carbocycles. The van der Waals surface area contributed by atoms with Crippen LogP contribution in [0, 0.1) is 30.6 Å². The van der Waals surface area contributed by atoms with Crippen LogP contribution in [0.2, 0.25) is 0 Å². The van der Waals surface area contributed by atoms with Crippen LogP contribution < -0.4 is 4.90 Å². The second-order valence-corrected chi connectivity index (χ2v) is 6.59. The van der Waals surface area contributed by atoms with Gasteiger partial charge in [0.25, 0.3) is 0 Å². The molecule has 1 aromatic rings. The molecule has 1 saturated carbocycles. The summed E-state index contributed by atoms with van der Waals surface area (Å²) in [5, 5.41) is 0. The van der Waals surface area contributed by atoms with Gasteiger partial charge in [0.2, 0.25) is 11.8 Å². The monoisotopic (exact) mass is 323 g/mol. The summed E-state index contributed by atoms with van der Waals surface area (Å²) < 4.78 is 4.78. The van der Waals surface area contributed by atoms with Gasteiger partial charge in [0, 0.05) is 0 Å². The van der Waals surface area contributed by atoms with Crippen LogP contribution in [0.4, 0.5) is 5.69 Å². The molecule has 0 radical (unpaired) electrons. The number of nitrogens with zero attached hydrogens (tertiary/aromatic N) is 1. The molecule has 2 fully saturated rings. The maximum absolute atomic E-state index is 12.9. The zero-order valence-corrected chi connectivity index (χ0v) is 13.3. The molecule has 5 heteroatoms. The molecule has 2 bridgehead atoms. The van der Waals surface area contributed by atoms with E-state index in [-0.39, 0.29) is 41.0 Å². The molecule has 0 aromatic heterocycles. The second-order valence-electron chi connectivity index (χ2n) is 6.59. The molecular formula is C19H17NO4. The predicted molar refractivity (Wildman–Crippen MR) is 87.0 cm³/mol. The number of allylic oxidation sites excluding steroid dienone is 2. The molecule has 2 amide bonds. The minimum Gasteiger partial charge on any atom is -0.432 e. The van der Waals surface area contributed by atoms with Gasteiger partial charge in [0.05, 0.1) is 29.3 Å². The van der Waals surface area contributed by atoms with E-state index in [1.165, 1.54) is 4.90 Å². The highest BCUT2D eigenvalue weighted by Gasteiger charge is 2.59. The van der Waals surface area contributed by atoms with Gasteiger partial charge in [0.15, 0.2) is 0 Å². The zero-order chi connectivity index (χ0) is 17.0. The van der Waals surface area contributed by atoms with E-state index in [9.17, 15) is 14.4 Å². The van der Waals surface area contributed by atoms with Gasteiger partial charge in [-0.1, -0.05) is 24.8 Å². The van der Waals surface area contributed by atoms with Gasteiger partial charge in [-0.2, -0.15) is 0 Å². The molecule has 4 atom stereocenters. The first-order chi connectivity index (χ1) is 11.5. The Balaban J connectivity index is 1.73. The number of rotatable bonds is 3. The molecule has 1 aliphatic heterocycles. The molecule has 24 heavy (non-hydrogen) atoms. The highest BCUT2D eigenvalue weighted by molar-refractivity contribution is 6.23. The van der Waals surface area contributed by atoms with Crippen LogP contribution in [0.25, 0.3) is 0 Å². The van der Waals surface area contributed by atoms with Crippen molar-refractivity contribution in [3.63, 3.8) is 0 Å². The third-order valence-electron chi connectivity index (χ3n) is 5.35. The van der Waals surface area contributed by atoms with E-state index >= 15 is 0 Å². The lowest BCUT2D eigenvalue weighted by atomic mass is 9.85. The molecule has 1 aromatic carbocycles. The number of aryl methyl sites for hydroxylation is 1. The van der Waals surface area contributed by atoms with E-state index in [1.807, 2.05) is 6.92 Å². The van der Waals surface area contributed by atoms with E-state index in [0.717, 1.165) is 18.2 Å². The molecule has 1 heterocycles. The number of carbonyl (C=O) groups excluding carboxylic acids is 3. The molecule has 0 spiro atoms. The molecular weight excluding hydrogens is 306 g/mol. The number of carbonyl (C=O) groups is 3. The maximum atomic E-state index is 12.9. The van der Waals surface area contributed by atoms with Crippen LogP contribution in [-0.2, 0) is 14.3 Å². The average Bonchev–Trinajstić information content (AvgIpc) is 3.23. The normalized spacial score (nSPS) is 30.0. The van der Waals surface area contributed by atoms with Gasteiger partial charge < -0.3 is 4.74 Å². The van der Waals surface area contributed by atoms with Crippen LogP contribution in [-0.4, -0.2) is 17.8 Å². The average molecular weight is 323 g/mol. The van der Waals surface area contributed by atoms with Crippen LogP contribution in [0.3, 0.4) is 0 Å². The fraction of sp³-hybridized carbons (Fsp3) is 0.316. The summed E-state index contributed by atoms with van der Waals surface area (Å²) in [5.41, 5.74) is 1.53. The number of ether oxygens (including phenoxy) is 1. The van der Waals surface area contributed by atoms with Crippen LogP contribution in [0.5, 0.6) is 0 Å². The van der Waals surface area contributed by atoms with Crippen molar-refractivity contribution < 1.29 is 19.1 Å². The molecule has 122 valence electrons. The summed E-state index contributed by atoms with van der Waals surface area (Å²) >= 11 is 0. The lowest BCUT2D eigenvalue weighted by Crippen LogP contribution is -2.33. The van der Waals surface area contributed by atoms with E-state index in [2.05, 4.69) is 18.7 Å². The zero-order valence-electron chi connectivity index (χ0n) is 13.3. The first-order valence-electron chi connectivity index (χ1n) is 8.01. The molecule has 4 unspecified atom stereocenters. The van der Waals surface area contributed by atoms with Gasteiger partial charge >= 0.3 is 5.97 Å². The number of amides is 2. The first kappa shape index (κ1) is 14.9. The number of fused-ring (bicyclic) bond motifs is 5. The summed E-state index contributed by atoms with van der Waals surface area (Å²) in [6.45, 7) is 5.18. The summed E-state index contributed by atoms with van der Waals surface area (Å²) in [6.07, 6.45) is 6.07. The Morgan fingerprint density at radius 1 is 1.21 bits per heavy atom. The summed E-state index contributed by atoms with van der Waals surface area (Å²) in [5.74, 6) is -1.05. The number of imide groups is 1. The number of benzene rings is 1. The summed E-state index contributed by atoms with van der Waals surface area (Å²) in [7, 11) is 0. The summed E-state index contributed by atoms with van der Waals surface area (Å²) in [6, 6.07) is 4.88. The van der Waals surface area contributed by atoms with Crippen molar-refractivity contribution >= 4 is 23.5 Å². The number of hydrogen-bond donors (Lipinski definition) is 0. The van der Waals surface area contributed by atoms with Gasteiger partial charge in [-0.3, -0.25) is 9.59 Å². The maximum Gasteiger partial charge on any atom is 0.342 e. The van der Waals surface area contributed by atoms with Crippen LogP contribution >= 0.6 is 0 Å². The number of anilines is 1. The van der Waals surface area contributed by atoms with Crippen LogP contribution in [0.1, 0.15) is 22.3 Å². The fourth-order valence-corrected chi connectivity index (χ4v) is 4.26. The van der Waals surface area contributed by atoms with Gasteiger partial charge in [0.1, 0.15) is 0 Å². The Hall–Kier alpha value is -2.69. The predicted octanol–water partition coefficient (Wildman–Crippen LogP) is 2.61. The molecule has 4 rings (SSSR count). The van der Waals surface area contributed by atoms with E-state index in [4.69, 9.17) is 4.74 Å². The Morgan fingerprint density at radius 3 is 2.42 bits per heavy atom. The van der Waals surface area contributed by atoms with Crippen molar-refractivity contribution in [3.8, 4) is 0 Å². The van der Waals surface area contributed by atoms with Crippen molar-refractivity contribution in [2.45, 2.75) is 13.3 Å². The molecule has 1 saturated heterocycles. The third-order valence-corrected chi connectivity index (χ3v) is 5.35. The molecule has 5 nitrogen and oxygen atoms in total. The molecule has 0 N–H and O–H groups in total. The SMILES string of the molecule is C=COC(=O)c1ccc(C)c(N2C(=O)C3C4C=CC(C4)C3C2=O)c1. The van der Waals surface area contributed by atoms with E-state index in [1.54, 1.807) is 18.2 Å². The highest BCUT2D eigenvalue weighted by Crippen LogP contribution is 2.53. The second kappa shape index (κ2) is 5.16. The Bertz CT molecular complexity index is 780. The Kier molecular flexibility index (Phi) is 3.20. The first-order valence-corrected chi connectivity index (χ1v) is 8.01. The van der Waals surface area contributed by atoms with Crippen LogP contribution in [0.15, 0.2) is 43.2 Å². The topological polar surface area (TPSA) is 63.7 Å². The Morgan fingerprint density at radius 2 is 1.83 bits per heavy atom. The molecule has 3 aliphatic rings. The third kappa shape index (κ3) is 1.90. The van der Waals surface area contributed by atoms with Gasteiger partial charge in [-0.25, -0.2) is 9.69 Å². The highest BCUT2D eigenvalue weighted by atomic mass is 16.5. The number of esters is 1. The lowest BCUT2D eigenvalue weighted by Gasteiger charge is -2.20. The lowest BCUT2D eigenvalue weighted by molar-refractivity contribution is -0.123. The smallest absolute Gasteiger partial charge is 0.342 e. The minimum absolute atomic E-state index is 0.154. The standard InChI is InChI=1S/C19H17NO4/c1-3-24-19(23)13-5-4-10(2)14(9-13)20-17(21)15-11-6-7-12(8-11)16(15)18(20)22/h3-7,9,11-12,15-16H,1,8H2,2H3. The largest absolute Gasteiger partial charge is 0.432 e. The van der Waals surface area contributed by atoms with Gasteiger partial charge in [-0.05, 0) is 42.9 Å². The van der Waals surface area contributed by atoms with Crippen molar-refractivity contribution in [1.82, 2.24) is 0 Å². The number of hydrogen-bond acceptors (Lipinski definition) is 4. The van der Waals surface area contributed by atoms with Crippen molar-refractivity contribution in [1.29, 1.82) is 0 Å². The van der Waals surface area contributed by atoms with Crippen molar-refractivity contribution in [3.05, 3.63) is 54.3 Å².